The highest BCUT2D eigenvalue weighted by molar-refractivity contribution is 7.98. The number of aryl methyl sites for hydroxylation is 1. The van der Waals surface area contributed by atoms with Crippen molar-refractivity contribution in [3.05, 3.63) is 47.2 Å². The summed E-state index contributed by atoms with van der Waals surface area (Å²) in [6.45, 7) is 0. The van der Waals surface area contributed by atoms with Crippen LogP contribution < -0.4 is 11.3 Å². The predicted molar refractivity (Wildman–Crippen MR) is 77.8 cm³/mol. The Labute approximate surface area is 121 Å². The van der Waals surface area contributed by atoms with Gasteiger partial charge in [0.05, 0.1) is 5.75 Å². The Hall–Kier alpha value is -1.66. The van der Waals surface area contributed by atoms with Crippen molar-refractivity contribution in [2.45, 2.75) is 29.9 Å². The number of nitrogens with one attached hydrogen (secondary N) is 1. The summed E-state index contributed by atoms with van der Waals surface area (Å²) >= 11 is 1.59. The number of thioether (sulfide) groups is 1. The number of halogens is 1. The lowest BCUT2D eigenvalue weighted by Gasteiger charge is -2.09. The predicted octanol–water partition coefficient (Wildman–Crippen LogP) is 2.68. The van der Waals surface area contributed by atoms with Gasteiger partial charge < -0.3 is 5.43 Å². The van der Waals surface area contributed by atoms with Crippen LogP contribution in [-0.4, -0.2) is 9.97 Å². The Morgan fingerprint density at radius 2 is 2.00 bits per heavy atom. The molecule has 0 saturated carbocycles. The highest BCUT2D eigenvalue weighted by Crippen LogP contribution is 2.28. The monoisotopic (exact) mass is 290 g/mol. The Kier molecular flexibility index (Phi) is 3.84. The average Bonchev–Trinajstić information content (AvgIpc) is 2.94. The first-order chi connectivity index (χ1) is 9.76. The number of aromatic nitrogens is 2. The van der Waals surface area contributed by atoms with Crippen molar-refractivity contribution in [2.24, 2.45) is 5.84 Å². The van der Waals surface area contributed by atoms with E-state index in [9.17, 15) is 4.39 Å². The van der Waals surface area contributed by atoms with Gasteiger partial charge in [-0.2, -0.15) is 0 Å². The molecule has 2 aromatic rings. The van der Waals surface area contributed by atoms with E-state index in [1.807, 2.05) is 0 Å². The number of rotatable bonds is 4. The first kappa shape index (κ1) is 13.3. The third-order valence-electron chi connectivity index (χ3n) is 3.30. The fourth-order valence-corrected chi connectivity index (χ4v) is 3.10. The molecule has 0 saturated heterocycles. The summed E-state index contributed by atoms with van der Waals surface area (Å²) in [5.74, 6) is 7.44. The van der Waals surface area contributed by atoms with Crippen LogP contribution in [0.1, 0.15) is 23.5 Å². The SMILES string of the molecule is NNc1nc(CSc2ccc(F)cc2)nc2c1CCC2. The van der Waals surface area contributed by atoms with E-state index in [0.29, 0.717) is 5.75 Å². The average molecular weight is 290 g/mol. The van der Waals surface area contributed by atoms with Crippen LogP contribution in [0.5, 0.6) is 0 Å². The molecule has 0 radical (unpaired) electrons. The molecule has 20 heavy (non-hydrogen) atoms. The van der Waals surface area contributed by atoms with Gasteiger partial charge in [0.2, 0.25) is 0 Å². The molecule has 0 atom stereocenters. The third-order valence-corrected chi connectivity index (χ3v) is 4.31. The van der Waals surface area contributed by atoms with Gasteiger partial charge in [0, 0.05) is 16.2 Å². The van der Waals surface area contributed by atoms with Crippen LogP contribution in [0.3, 0.4) is 0 Å². The number of hydrogen-bond donors (Lipinski definition) is 2. The summed E-state index contributed by atoms with van der Waals surface area (Å²) in [6.07, 6.45) is 3.08. The zero-order valence-electron chi connectivity index (χ0n) is 10.9. The molecule has 0 aliphatic heterocycles. The second kappa shape index (κ2) is 5.76. The maximum absolute atomic E-state index is 12.8. The van der Waals surface area contributed by atoms with Crippen LogP contribution in [0.2, 0.25) is 0 Å². The second-order valence-electron chi connectivity index (χ2n) is 4.65. The van der Waals surface area contributed by atoms with E-state index in [0.717, 1.165) is 47.1 Å². The van der Waals surface area contributed by atoms with Crippen LogP contribution in [-0.2, 0) is 18.6 Å². The van der Waals surface area contributed by atoms with Gasteiger partial charge >= 0.3 is 0 Å². The second-order valence-corrected chi connectivity index (χ2v) is 5.70. The van der Waals surface area contributed by atoms with E-state index < -0.39 is 0 Å². The summed E-state index contributed by atoms with van der Waals surface area (Å²) in [4.78, 5) is 10.0. The quantitative estimate of drug-likeness (QED) is 0.515. The van der Waals surface area contributed by atoms with Gasteiger partial charge in [-0.05, 0) is 43.5 Å². The van der Waals surface area contributed by atoms with Crippen LogP contribution >= 0.6 is 11.8 Å². The van der Waals surface area contributed by atoms with Crippen LogP contribution in [0, 0.1) is 5.82 Å². The fraction of sp³-hybridized carbons (Fsp3) is 0.286. The van der Waals surface area contributed by atoms with Gasteiger partial charge in [-0.1, -0.05) is 0 Å². The highest BCUT2D eigenvalue weighted by atomic mass is 32.2. The number of fused-ring (bicyclic) bond motifs is 1. The molecule has 6 heteroatoms. The Bertz CT molecular complexity index is 615. The van der Waals surface area contributed by atoms with Crippen molar-refractivity contribution < 1.29 is 4.39 Å². The number of hydrogen-bond acceptors (Lipinski definition) is 5. The van der Waals surface area contributed by atoms with Gasteiger partial charge in [-0.3, -0.25) is 0 Å². The maximum atomic E-state index is 12.8. The normalized spacial score (nSPS) is 13.3. The summed E-state index contributed by atoms with van der Waals surface area (Å²) < 4.78 is 12.8. The topological polar surface area (TPSA) is 63.8 Å². The van der Waals surface area contributed by atoms with E-state index in [2.05, 4.69) is 15.4 Å². The smallest absolute Gasteiger partial charge is 0.147 e. The van der Waals surface area contributed by atoms with Gasteiger partial charge in [-0.25, -0.2) is 20.2 Å². The molecule has 1 heterocycles. The van der Waals surface area contributed by atoms with Gasteiger partial charge in [0.15, 0.2) is 0 Å². The zero-order valence-corrected chi connectivity index (χ0v) is 11.7. The molecule has 0 spiro atoms. The molecule has 1 aliphatic carbocycles. The molecular formula is C14H15FN4S. The van der Waals surface area contributed by atoms with Crippen molar-refractivity contribution in [3.8, 4) is 0 Å². The molecule has 4 nitrogen and oxygen atoms in total. The highest BCUT2D eigenvalue weighted by Gasteiger charge is 2.18. The number of hydrazine groups is 1. The number of benzene rings is 1. The molecule has 3 N–H and O–H groups in total. The molecule has 1 aliphatic rings. The minimum Gasteiger partial charge on any atom is -0.308 e. The van der Waals surface area contributed by atoms with E-state index in [1.54, 1.807) is 23.9 Å². The zero-order chi connectivity index (χ0) is 13.9. The number of nitrogen functional groups attached to an aromatic ring is 1. The van der Waals surface area contributed by atoms with Gasteiger partial charge in [0.1, 0.15) is 17.5 Å². The minimum absolute atomic E-state index is 0.224. The Morgan fingerprint density at radius 1 is 1.20 bits per heavy atom. The first-order valence-corrected chi connectivity index (χ1v) is 7.48. The lowest BCUT2D eigenvalue weighted by molar-refractivity contribution is 0.626. The van der Waals surface area contributed by atoms with Gasteiger partial charge in [-0.15, -0.1) is 11.8 Å². The van der Waals surface area contributed by atoms with Crippen molar-refractivity contribution in [3.63, 3.8) is 0 Å². The summed E-state index contributed by atoms with van der Waals surface area (Å²) in [7, 11) is 0. The molecule has 1 aromatic carbocycles. The van der Waals surface area contributed by atoms with Crippen LogP contribution in [0.4, 0.5) is 10.2 Å². The number of nitrogens with two attached hydrogens (primary N) is 1. The minimum atomic E-state index is -0.224. The van der Waals surface area contributed by atoms with Crippen molar-refractivity contribution in [1.82, 2.24) is 9.97 Å². The van der Waals surface area contributed by atoms with Crippen LogP contribution in [0.15, 0.2) is 29.2 Å². The Morgan fingerprint density at radius 3 is 2.75 bits per heavy atom. The van der Waals surface area contributed by atoms with Crippen molar-refractivity contribution in [2.75, 3.05) is 5.43 Å². The van der Waals surface area contributed by atoms with E-state index in [1.165, 1.54) is 12.1 Å². The number of nitrogens with zero attached hydrogens (tertiary/aromatic N) is 2. The van der Waals surface area contributed by atoms with Crippen molar-refractivity contribution in [1.29, 1.82) is 0 Å². The fourth-order valence-electron chi connectivity index (χ4n) is 2.35. The number of anilines is 1. The molecule has 104 valence electrons. The standard InChI is InChI=1S/C14H15FN4S/c15-9-4-6-10(7-5-9)20-8-13-17-12-3-1-2-11(12)14(18-13)19-16/h4-7H,1-3,8,16H2,(H,17,18,19). The molecule has 3 rings (SSSR count). The van der Waals surface area contributed by atoms with E-state index in [4.69, 9.17) is 5.84 Å². The summed E-state index contributed by atoms with van der Waals surface area (Å²) in [5, 5.41) is 0. The summed E-state index contributed by atoms with van der Waals surface area (Å²) in [5.41, 5.74) is 4.90. The maximum Gasteiger partial charge on any atom is 0.147 e. The molecule has 0 unspecified atom stereocenters. The third kappa shape index (κ3) is 2.76. The lowest BCUT2D eigenvalue weighted by Crippen LogP contribution is -2.13. The first-order valence-electron chi connectivity index (χ1n) is 6.50. The molecule has 0 bridgehead atoms. The largest absolute Gasteiger partial charge is 0.308 e. The lowest BCUT2D eigenvalue weighted by atomic mass is 10.2. The van der Waals surface area contributed by atoms with Gasteiger partial charge in [0.25, 0.3) is 0 Å². The Balaban J connectivity index is 1.76. The van der Waals surface area contributed by atoms with E-state index in [-0.39, 0.29) is 5.82 Å². The molecular weight excluding hydrogens is 275 g/mol. The van der Waals surface area contributed by atoms with Crippen molar-refractivity contribution >= 4 is 17.6 Å². The molecule has 1 aromatic heterocycles. The molecule has 0 amide bonds. The van der Waals surface area contributed by atoms with E-state index >= 15 is 0 Å². The summed E-state index contributed by atoms with van der Waals surface area (Å²) in [6, 6.07) is 6.43. The van der Waals surface area contributed by atoms with Crippen LogP contribution in [0.25, 0.3) is 0 Å². The molecule has 0 fully saturated rings.